The minimum absolute atomic E-state index is 0.125. The zero-order chi connectivity index (χ0) is 23.8. The van der Waals surface area contributed by atoms with Crippen LogP contribution in [0.1, 0.15) is 52.6 Å². The summed E-state index contributed by atoms with van der Waals surface area (Å²) in [5.74, 6) is -0.0607. The van der Waals surface area contributed by atoms with E-state index in [1.54, 1.807) is 24.3 Å². The number of nitrogens with one attached hydrogen (secondary N) is 2. The standard InChI is InChI=1S/C23H31N5O4S/c1-15-20(16(2)28(26-15)18-10-11-33(31,32)14-18)12-27(3)13-22(29)25-21-7-5-4-6-19(21)23(30)24-17-8-9-17/h4-7,17-18H,8-14H2,1-3H3,(H,24,30)(H,25,29)/t18-/m1/s1. The molecule has 178 valence electrons. The van der Waals surface area contributed by atoms with Gasteiger partial charge in [-0.2, -0.15) is 5.10 Å². The van der Waals surface area contributed by atoms with Gasteiger partial charge in [0.05, 0.1) is 41.0 Å². The number of amides is 2. The first-order valence-electron chi connectivity index (χ1n) is 11.3. The van der Waals surface area contributed by atoms with E-state index >= 15 is 0 Å². The molecule has 2 amide bonds. The van der Waals surface area contributed by atoms with Crippen molar-refractivity contribution < 1.29 is 18.0 Å². The minimum Gasteiger partial charge on any atom is -0.349 e. The normalized spacial score (nSPS) is 19.6. The second kappa shape index (κ2) is 9.26. The van der Waals surface area contributed by atoms with Crippen LogP contribution in [0.25, 0.3) is 0 Å². The number of carbonyl (C=O) groups is 2. The van der Waals surface area contributed by atoms with Crippen LogP contribution in [0.5, 0.6) is 0 Å². The van der Waals surface area contributed by atoms with Gasteiger partial charge in [0.1, 0.15) is 0 Å². The van der Waals surface area contributed by atoms with Gasteiger partial charge < -0.3 is 10.6 Å². The highest BCUT2D eigenvalue weighted by atomic mass is 32.2. The smallest absolute Gasteiger partial charge is 0.253 e. The maximum Gasteiger partial charge on any atom is 0.253 e. The van der Waals surface area contributed by atoms with Crippen molar-refractivity contribution in [1.82, 2.24) is 20.0 Å². The summed E-state index contributed by atoms with van der Waals surface area (Å²) >= 11 is 0. The molecule has 2 heterocycles. The largest absolute Gasteiger partial charge is 0.349 e. The first-order valence-corrected chi connectivity index (χ1v) is 13.1. The van der Waals surface area contributed by atoms with Crippen LogP contribution < -0.4 is 10.6 Å². The summed E-state index contributed by atoms with van der Waals surface area (Å²) in [7, 11) is -1.15. The molecule has 1 saturated heterocycles. The van der Waals surface area contributed by atoms with E-state index in [1.807, 2.05) is 30.5 Å². The molecule has 1 aromatic heterocycles. The number of anilines is 1. The first kappa shape index (κ1) is 23.4. The van der Waals surface area contributed by atoms with E-state index in [9.17, 15) is 18.0 Å². The van der Waals surface area contributed by atoms with Gasteiger partial charge in [0.15, 0.2) is 9.84 Å². The summed E-state index contributed by atoms with van der Waals surface area (Å²) in [5.41, 5.74) is 3.73. The summed E-state index contributed by atoms with van der Waals surface area (Å²) < 4.78 is 25.6. The first-order chi connectivity index (χ1) is 15.6. The van der Waals surface area contributed by atoms with Crippen LogP contribution in [0.15, 0.2) is 24.3 Å². The molecule has 1 aliphatic heterocycles. The van der Waals surface area contributed by atoms with Gasteiger partial charge in [0.2, 0.25) is 5.91 Å². The van der Waals surface area contributed by atoms with Crippen LogP contribution in [-0.4, -0.2) is 66.1 Å². The third-order valence-electron chi connectivity index (χ3n) is 6.23. The van der Waals surface area contributed by atoms with Crippen LogP contribution in [0.4, 0.5) is 5.69 Å². The Morgan fingerprint density at radius 1 is 1.18 bits per heavy atom. The van der Waals surface area contributed by atoms with E-state index in [2.05, 4.69) is 15.7 Å². The van der Waals surface area contributed by atoms with E-state index < -0.39 is 9.84 Å². The Morgan fingerprint density at radius 3 is 2.58 bits per heavy atom. The van der Waals surface area contributed by atoms with Gasteiger partial charge in [-0.15, -0.1) is 0 Å². The third-order valence-corrected chi connectivity index (χ3v) is 7.98. The average Bonchev–Trinajstić information content (AvgIpc) is 3.43. The molecular formula is C23H31N5O4S. The Kier molecular flexibility index (Phi) is 6.58. The van der Waals surface area contributed by atoms with Crippen molar-refractivity contribution in [2.45, 2.75) is 51.7 Å². The summed E-state index contributed by atoms with van der Waals surface area (Å²) in [5, 5.41) is 10.4. The monoisotopic (exact) mass is 473 g/mol. The van der Waals surface area contributed by atoms with Gasteiger partial charge in [-0.1, -0.05) is 12.1 Å². The number of benzene rings is 1. The molecule has 1 aromatic carbocycles. The summed E-state index contributed by atoms with van der Waals surface area (Å²) in [6.07, 6.45) is 2.57. The van der Waals surface area contributed by atoms with Crippen molar-refractivity contribution in [3.05, 3.63) is 46.8 Å². The lowest BCUT2D eigenvalue weighted by Crippen LogP contribution is -2.31. The van der Waals surface area contributed by atoms with Crippen molar-refractivity contribution in [3.63, 3.8) is 0 Å². The Balaban J connectivity index is 1.38. The molecule has 0 bridgehead atoms. The van der Waals surface area contributed by atoms with Gasteiger partial charge in [-0.25, -0.2) is 8.42 Å². The lowest BCUT2D eigenvalue weighted by Gasteiger charge is -2.18. The molecule has 2 fully saturated rings. The summed E-state index contributed by atoms with van der Waals surface area (Å²) in [4.78, 5) is 27.1. The topological polar surface area (TPSA) is 113 Å². The average molecular weight is 474 g/mol. The molecule has 4 rings (SSSR count). The van der Waals surface area contributed by atoms with Crippen molar-refractivity contribution in [3.8, 4) is 0 Å². The number of likely N-dealkylation sites (N-methyl/N-ethyl adjacent to an activating group) is 1. The summed E-state index contributed by atoms with van der Waals surface area (Å²) in [6, 6.07) is 7.12. The minimum atomic E-state index is -3.00. The zero-order valence-electron chi connectivity index (χ0n) is 19.3. The number of nitrogens with zero attached hydrogens (tertiary/aromatic N) is 3. The van der Waals surface area contributed by atoms with Gasteiger partial charge in [0, 0.05) is 23.8 Å². The molecule has 1 saturated carbocycles. The number of sulfone groups is 1. The van der Waals surface area contributed by atoms with Crippen LogP contribution >= 0.6 is 0 Å². The molecule has 10 heteroatoms. The van der Waals surface area contributed by atoms with Crippen LogP contribution in [-0.2, 0) is 21.2 Å². The van der Waals surface area contributed by atoms with Gasteiger partial charge in [-0.3, -0.25) is 19.2 Å². The number of hydrogen-bond acceptors (Lipinski definition) is 6. The molecule has 2 aliphatic rings. The van der Waals surface area contributed by atoms with Crippen molar-refractivity contribution >= 4 is 27.3 Å². The molecule has 33 heavy (non-hydrogen) atoms. The Labute approximate surface area is 194 Å². The fourth-order valence-electron chi connectivity index (χ4n) is 4.29. The zero-order valence-corrected chi connectivity index (χ0v) is 20.1. The number of para-hydroxylation sites is 1. The highest BCUT2D eigenvalue weighted by Gasteiger charge is 2.31. The fourth-order valence-corrected chi connectivity index (χ4v) is 5.98. The van der Waals surface area contributed by atoms with Gasteiger partial charge >= 0.3 is 0 Å². The SMILES string of the molecule is Cc1nn([C@@H]2CCS(=O)(=O)C2)c(C)c1CN(C)CC(=O)Nc1ccccc1C(=O)NC1CC1. The predicted octanol–water partition coefficient (Wildman–Crippen LogP) is 1.82. The highest BCUT2D eigenvalue weighted by Crippen LogP contribution is 2.27. The molecule has 1 aliphatic carbocycles. The molecule has 0 unspecified atom stereocenters. The molecule has 0 radical (unpaired) electrons. The van der Waals surface area contributed by atoms with Crippen molar-refractivity contribution in [1.29, 1.82) is 0 Å². The number of aryl methyl sites for hydroxylation is 1. The van der Waals surface area contributed by atoms with Crippen LogP contribution in [0.3, 0.4) is 0 Å². The van der Waals surface area contributed by atoms with Crippen molar-refractivity contribution in [2.75, 3.05) is 30.4 Å². The quantitative estimate of drug-likeness (QED) is 0.605. The second-order valence-electron chi connectivity index (χ2n) is 9.16. The van der Waals surface area contributed by atoms with Crippen molar-refractivity contribution in [2.24, 2.45) is 0 Å². The molecule has 2 N–H and O–H groups in total. The van der Waals surface area contributed by atoms with E-state index in [0.717, 1.165) is 29.8 Å². The highest BCUT2D eigenvalue weighted by molar-refractivity contribution is 7.91. The Bertz CT molecular complexity index is 1170. The maximum atomic E-state index is 12.7. The van der Waals surface area contributed by atoms with E-state index in [1.165, 1.54) is 0 Å². The number of aromatic nitrogens is 2. The van der Waals surface area contributed by atoms with Gasteiger partial charge in [0.25, 0.3) is 5.91 Å². The molecule has 2 aromatic rings. The number of carbonyl (C=O) groups excluding carboxylic acids is 2. The Hall–Kier alpha value is -2.72. The lowest BCUT2D eigenvalue weighted by molar-refractivity contribution is -0.117. The van der Waals surface area contributed by atoms with E-state index in [-0.39, 0.29) is 41.9 Å². The van der Waals surface area contributed by atoms with E-state index in [0.29, 0.717) is 24.2 Å². The lowest BCUT2D eigenvalue weighted by atomic mass is 10.1. The third kappa shape index (κ3) is 5.62. The van der Waals surface area contributed by atoms with Crippen LogP contribution in [0, 0.1) is 13.8 Å². The second-order valence-corrected chi connectivity index (χ2v) is 11.4. The Morgan fingerprint density at radius 2 is 1.91 bits per heavy atom. The number of rotatable bonds is 8. The predicted molar refractivity (Wildman–Crippen MR) is 126 cm³/mol. The van der Waals surface area contributed by atoms with E-state index in [4.69, 9.17) is 0 Å². The molecular weight excluding hydrogens is 442 g/mol. The molecule has 1 atom stereocenters. The molecule has 9 nitrogen and oxygen atoms in total. The van der Waals surface area contributed by atoms with Crippen LogP contribution in [0.2, 0.25) is 0 Å². The van der Waals surface area contributed by atoms with Gasteiger partial charge in [-0.05, 0) is 52.3 Å². The summed E-state index contributed by atoms with van der Waals surface area (Å²) in [6.45, 7) is 4.50. The molecule has 0 spiro atoms. The maximum absolute atomic E-state index is 12.7. The fraction of sp³-hybridized carbons (Fsp3) is 0.522. The number of hydrogen-bond donors (Lipinski definition) is 2.